The zero-order valence-electron chi connectivity index (χ0n) is 6.79. The molecule has 0 bridgehead atoms. The molecule has 1 rings (SSSR count). The molecule has 0 unspecified atom stereocenters. The van der Waals surface area contributed by atoms with Gasteiger partial charge in [0.1, 0.15) is 0 Å². The molecule has 0 aliphatic rings. The third kappa shape index (κ3) is 3.20. The van der Waals surface area contributed by atoms with Gasteiger partial charge in [-0.25, -0.2) is 0 Å². The molecule has 0 nitrogen and oxygen atoms in total. The standard InChI is InChI=1S/C8H12S2Se/c1-3-6-9-7-4-5-8(10-7)11-2/h4-5H,3,6H2,1-2H3. The first-order chi connectivity index (χ1) is 5.36. The van der Waals surface area contributed by atoms with Crippen molar-refractivity contribution < 1.29 is 0 Å². The summed E-state index contributed by atoms with van der Waals surface area (Å²) in [6.07, 6.45) is 1.27. The summed E-state index contributed by atoms with van der Waals surface area (Å²) in [6.45, 7) is 2.23. The fourth-order valence-electron chi connectivity index (χ4n) is 0.693. The van der Waals surface area contributed by atoms with Crippen LogP contribution in [0.3, 0.4) is 0 Å². The van der Waals surface area contributed by atoms with Crippen LogP contribution in [0.15, 0.2) is 16.3 Å². The molecule has 0 radical (unpaired) electrons. The third-order valence-corrected chi connectivity index (χ3v) is 6.04. The Morgan fingerprint density at radius 3 is 2.91 bits per heavy atom. The van der Waals surface area contributed by atoms with Crippen molar-refractivity contribution in [2.45, 2.75) is 23.4 Å². The Hall–Kier alpha value is 0.569. The van der Waals surface area contributed by atoms with E-state index in [0.29, 0.717) is 15.0 Å². The number of thiophene rings is 1. The molecular formula is C8H12S2Se. The van der Waals surface area contributed by atoms with Crippen LogP contribution >= 0.6 is 23.1 Å². The van der Waals surface area contributed by atoms with Crippen molar-refractivity contribution in [2.24, 2.45) is 0 Å². The Bertz CT molecular complexity index is 208. The van der Waals surface area contributed by atoms with Crippen molar-refractivity contribution in [3.8, 4) is 0 Å². The Balaban J connectivity index is 2.44. The van der Waals surface area contributed by atoms with E-state index in [9.17, 15) is 0 Å². The van der Waals surface area contributed by atoms with Gasteiger partial charge in [-0.3, -0.25) is 0 Å². The summed E-state index contributed by atoms with van der Waals surface area (Å²) < 4.78 is 3.06. The molecule has 0 atom stereocenters. The molecule has 0 spiro atoms. The summed E-state index contributed by atoms with van der Waals surface area (Å²) in [6, 6.07) is 4.52. The van der Waals surface area contributed by atoms with E-state index in [-0.39, 0.29) is 0 Å². The Morgan fingerprint density at radius 1 is 1.55 bits per heavy atom. The van der Waals surface area contributed by atoms with Gasteiger partial charge in [-0.2, -0.15) is 0 Å². The maximum atomic E-state index is 2.27. The van der Waals surface area contributed by atoms with Gasteiger partial charge in [-0.05, 0) is 0 Å². The van der Waals surface area contributed by atoms with Gasteiger partial charge in [0.05, 0.1) is 0 Å². The first-order valence-electron chi connectivity index (χ1n) is 3.63. The fourth-order valence-corrected chi connectivity index (χ4v) is 4.45. The van der Waals surface area contributed by atoms with Crippen LogP contribution < -0.4 is 3.78 Å². The van der Waals surface area contributed by atoms with Crippen molar-refractivity contribution in [1.82, 2.24) is 0 Å². The molecule has 1 heterocycles. The van der Waals surface area contributed by atoms with Gasteiger partial charge >= 0.3 is 83.1 Å². The monoisotopic (exact) mass is 252 g/mol. The zero-order valence-corrected chi connectivity index (χ0v) is 10.1. The molecule has 0 aliphatic heterocycles. The quantitative estimate of drug-likeness (QED) is 0.585. The summed E-state index contributed by atoms with van der Waals surface area (Å²) in [5, 5.41) is 0. The van der Waals surface area contributed by atoms with Crippen LogP contribution in [0.4, 0.5) is 0 Å². The molecule has 62 valence electrons. The van der Waals surface area contributed by atoms with E-state index in [1.807, 2.05) is 23.1 Å². The second kappa shape index (κ2) is 5.26. The van der Waals surface area contributed by atoms with Crippen LogP contribution in [0, 0.1) is 0 Å². The summed E-state index contributed by atoms with van der Waals surface area (Å²) in [4.78, 5) is 0. The van der Waals surface area contributed by atoms with E-state index in [1.165, 1.54) is 16.4 Å². The molecule has 0 aromatic carbocycles. The number of hydrogen-bond donors (Lipinski definition) is 0. The minimum atomic E-state index is 0.690. The van der Waals surface area contributed by atoms with Crippen LogP contribution in [0.25, 0.3) is 0 Å². The van der Waals surface area contributed by atoms with Gasteiger partial charge in [0.15, 0.2) is 0 Å². The van der Waals surface area contributed by atoms with E-state index in [2.05, 4.69) is 24.9 Å². The van der Waals surface area contributed by atoms with E-state index in [4.69, 9.17) is 0 Å². The van der Waals surface area contributed by atoms with Crippen molar-refractivity contribution >= 4 is 41.8 Å². The first-order valence-corrected chi connectivity index (χ1v) is 8.00. The van der Waals surface area contributed by atoms with Crippen molar-refractivity contribution in [3.63, 3.8) is 0 Å². The first kappa shape index (κ1) is 9.66. The molecule has 1 aromatic heterocycles. The Kier molecular flexibility index (Phi) is 4.61. The van der Waals surface area contributed by atoms with Gasteiger partial charge < -0.3 is 0 Å². The van der Waals surface area contributed by atoms with Crippen LogP contribution in [0.5, 0.6) is 0 Å². The second-order valence-electron chi connectivity index (χ2n) is 2.13. The molecule has 0 saturated carbocycles. The van der Waals surface area contributed by atoms with Crippen LogP contribution in [0.1, 0.15) is 13.3 Å². The second-order valence-corrected chi connectivity index (χ2v) is 6.97. The predicted molar refractivity (Wildman–Crippen MR) is 56.6 cm³/mol. The average molecular weight is 251 g/mol. The summed E-state index contributed by atoms with van der Waals surface area (Å²) in [7, 11) is 0. The van der Waals surface area contributed by atoms with Crippen LogP contribution in [-0.4, -0.2) is 20.7 Å². The van der Waals surface area contributed by atoms with Crippen LogP contribution in [0.2, 0.25) is 5.82 Å². The summed E-state index contributed by atoms with van der Waals surface area (Å²) in [5.41, 5.74) is 0. The predicted octanol–water partition coefficient (Wildman–Crippen LogP) is 2.63. The molecule has 3 heteroatoms. The molecule has 1 aromatic rings. The molecule has 0 aliphatic carbocycles. The third-order valence-electron chi connectivity index (χ3n) is 1.21. The van der Waals surface area contributed by atoms with E-state index in [1.54, 1.807) is 3.78 Å². The average Bonchev–Trinajstić information content (AvgIpc) is 2.48. The van der Waals surface area contributed by atoms with Crippen LogP contribution in [-0.2, 0) is 0 Å². The van der Waals surface area contributed by atoms with E-state index < -0.39 is 0 Å². The molecule has 0 amide bonds. The summed E-state index contributed by atoms with van der Waals surface area (Å²) in [5.74, 6) is 3.53. The normalized spacial score (nSPS) is 10.4. The van der Waals surface area contributed by atoms with Gasteiger partial charge in [0, 0.05) is 0 Å². The summed E-state index contributed by atoms with van der Waals surface area (Å²) >= 11 is 4.64. The SMILES string of the molecule is CCCSc1ccc([Se]C)s1. The molecule has 11 heavy (non-hydrogen) atoms. The number of thioether (sulfide) groups is 1. The topological polar surface area (TPSA) is 0 Å². The molecule has 0 N–H and O–H groups in total. The fraction of sp³-hybridized carbons (Fsp3) is 0.500. The number of rotatable bonds is 4. The van der Waals surface area contributed by atoms with E-state index in [0.717, 1.165) is 0 Å². The van der Waals surface area contributed by atoms with Crippen molar-refractivity contribution in [2.75, 3.05) is 5.75 Å². The van der Waals surface area contributed by atoms with E-state index >= 15 is 0 Å². The van der Waals surface area contributed by atoms with Gasteiger partial charge in [0.2, 0.25) is 0 Å². The van der Waals surface area contributed by atoms with Gasteiger partial charge in [-0.1, -0.05) is 0 Å². The molecule has 0 saturated heterocycles. The molecule has 0 fully saturated rings. The number of hydrogen-bond acceptors (Lipinski definition) is 2. The zero-order chi connectivity index (χ0) is 8.10. The van der Waals surface area contributed by atoms with Gasteiger partial charge in [0.25, 0.3) is 0 Å². The maximum absolute atomic E-state index is 2.27. The van der Waals surface area contributed by atoms with Crippen molar-refractivity contribution in [1.29, 1.82) is 0 Å². The Morgan fingerprint density at radius 2 is 2.36 bits per heavy atom. The molecular weight excluding hydrogens is 239 g/mol. The Labute approximate surface area is 82.9 Å². The van der Waals surface area contributed by atoms with Gasteiger partial charge in [-0.15, -0.1) is 0 Å². The van der Waals surface area contributed by atoms with Crippen molar-refractivity contribution in [3.05, 3.63) is 12.1 Å². The minimum absolute atomic E-state index is 0.690.